The topological polar surface area (TPSA) is 25.4 Å². The lowest BCUT2D eigenvalue weighted by molar-refractivity contribution is 0.0900. The largest absolute Gasteiger partial charge is 0.481 e. The monoisotopic (exact) mass is 270 g/mol. The van der Waals surface area contributed by atoms with E-state index in [0.717, 1.165) is 35.6 Å². The SMILES string of the molecule is COc1ccc2c(n1)C1C3CC(C)CC4C3CC2CN41. The number of pyridine rings is 1. The molecule has 0 N–H and O–H groups in total. The molecule has 3 fully saturated rings. The Kier molecular flexibility index (Phi) is 2.17. The van der Waals surface area contributed by atoms with Crippen molar-refractivity contribution >= 4 is 0 Å². The van der Waals surface area contributed by atoms with Gasteiger partial charge in [-0.2, -0.15) is 0 Å². The lowest BCUT2D eigenvalue weighted by Crippen LogP contribution is -2.46. The number of nitrogens with zero attached hydrogens (tertiary/aromatic N) is 2. The summed E-state index contributed by atoms with van der Waals surface area (Å²) in [6.07, 6.45) is 4.20. The van der Waals surface area contributed by atoms with E-state index >= 15 is 0 Å². The van der Waals surface area contributed by atoms with Gasteiger partial charge in [0.15, 0.2) is 0 Å². The molecule has 4 aliphatic rings. The molecule has 1 aromatic heterocycles. The Labute approximate surface area is 120 Å². The maximum atomic E-state index is 5.38. The second kappa shape index (κ2) is 3.76. The van der Waals surface area contributed by atoms with Gasteiger partial charge in [-0.05, 0) is 48.5 Å². The van der Waals surface area contributed by atoms with Crippen molar-refractivity contribution in [2.45, 2.75) is 44.2 Å². The fraction of sp³-hybridized carbons (Fsp3) is 0.706. The van der Waals surface area contributed by atoms with Crippen molar-refractivity contribution in [3.05, 3.63) is 23.4 Å². The lowest BCUT2D eigenvalue weighted by Gasteiger charge is -2.44. The first kappa shape index (κ1) is 11.6. The van der Waals surface area contributed by atoms with E-state index in [0.29, 0.717) is 6.04 Å². The molecule has 20 heavy (non-hydrogen) atoms. The van der Waals surface area contributed by atoms with Crippen LogP contribution in [0.4, 0.5) is 0 Å². The molecule has 0 spiro atoms. The summed E-state index contributed by atoms with van der Waals surface area (Å²) in [6.45, 7) is 3.71. The highest BCUT2D eigenvalue weighted by Gasteiger charge is 2.59. The van der Waals surface area contributed by atoms with Crippen LogP contribution in [0.3, 0.4) is 0 Å². The fourth-order valence-corrected chi connectivity index (χ4v) is 5.79. The first-order chi connectivity index (χ1) is 9.76. The smallest absolute Gasteiger partial charge is 0.213 e. The number of rotatable bonds is 1. The minimum absolute atomic E-state index is 0.582. The van der Waals surface area contributed by atoms with E-state index in [1.165, 1.54) is 37.1 Å². The van der Waals surface area contributed by atoms with Crippen molar-refractivity contribution < 1.29 is 4.74 Å². The van der Waals surface area contributed by atoms with Crippen molar-refractivity contribution in [3.63, 3.8) is 0 Å². The number of piperidine rings is 1. The summed E-state index contributed by atoms with van der Waals surface area (Å²) in [5.41, 5.74) is 2.87. The average molecular weight is 270 g/mol. The van der Waals surface area contributed by atoms with Gasteiger partial charge in [-0.15, -0.1) is 0 Å². The highest BCUT2D eigenvalue weighted by molar-refractivity contribution is 5.38. The standard InChI is InChI=1S/C17H22N2O/c1-9-5-13-12-7-10-8-19(14(12)6-9)17(13)16-11(10)3-4-15(18-16)20-2/h3-4,9-10,12-14,17H,5-8H2,1-2H3. The Morgan fingerprint density at radius 3 is 2.95 bits per heavy atom. The molecule has 3 nitrogen and oxygen atoms in total. The van der Waals surface area contributed by atoms with E-state index in [4.69, 9.17) is 9.72 Å². The Bertz CT molecular complexity index is 572. The Morgan fingerprint density at radius 2 is 2.10 bits per heavy atom. The molecule has 3 heteroatoms. The van der Waals surface area contributed by atoms with Crippen LogP contribution in [0.2, 0.25) is 0 Å². The molecule has 1 aliphatic carbocycles. The van der Waals surface area contributed by atoms with Crippen LogP contribution < -0.4 is 4.74 Å². The summed E-state index contributed by atoms with van der Waals surface area (Å²) < 4.78 is 5.38. The maximum Gasteiger partial charge on any atom is 0.213 e. The number of hydrogen-bond donors (Lipinski definition) is 0. The third kappa shape index (κ3) is 1.28. The zero-order valence-electron chi connectivity index (χ0n) is 12.2. The number of ether oxygens (including phenoxy) is 1. The van der Waals surface area contributed by atoms with Gasteiger partial charge in [-0.1, -0.05) is 13.0 Å². The van der Waals surface area contributed by atoms with Crippen LogP contribution in [-0.2, 0) is 0 Å². The molecule has 5 rings (SSSR count). The molecule has 0 radical (unpaired) electrons. The van der Waals surface area contributed by atoms with Gasteiger partial charge in [-0.25, -0.2) is 4.98 Å². The molecule has 1 aromatic rings. The van der Waals surface area contributed by atoms with Gasteiger partial charge in [0.1, 0.15) is 0 Å². The van der Waals surface area contributed by atoms with Gasteiger partial charge in [0.25, 0.3) is 0 Å². The van der Waals surface area contributed by atoms with Crippen LogP contribution in [0, 0.1) is 17.8 Å². The Morgan fingerprint density at radius 1 is 1.20 bits per heavy atom. The van der Waals surface area contributed by atoms with Crippen molar-refractivity contribution in [1.29, 1.82) is 0 Å². The number of fused-ring (bicyclic) bond motifs is 5. The van der Waals surface area contributed by atoms with Crippen LogP contribution in [-0.4, -0.2) is 29.6 Å². The van der Waals surface area contributed by atoms with Crippen molar-refractivity contribution in [3.8, 4) is 5.88 Å². The lowest BCUT2D eigenvalue weighted by atomic mass is 9.70. The Balaban J connectivity index is 1.68. The first-order valence-electron chi connectivity index (χ1n) is 8.07. The molecule has 106 valence electrons. The number of hydrogen-bond acceptors (Lipinski definition) is 3. The van der Waals surface area contributed by atoms with Crippen molar-refractivity contribution in [2.24, 2.45) is 17.8 Å². The zero-order valence-corrected chi connectivity index (χ0v) is 12.2. The molecule has 0 amide bonds. The number of aromatic nitrogens is 1. The second-order valence-corrected chi connectivity index (χ2v) is 7.37. The maximum absolute atomic E-state index is 5.38. The van der Waals surface area contributed by atoms with Gasteiger partial charge >= 0.3 is 0 Å². The van der Waals surface area contributed by atoms with E-state index < -0.39 is 0 Å². The number of methoxy groups -OCH3 is 1. The van der Waals surface area contributed by atoms with E-state index in [1.54, 1.807) is 7.11 Å². The second-order valence-electron chi connectivity index (χ2n) is 7.37. The summed E-state index contributed by atoms with van der Waals surface area (Å²) in [5, 5.41) is 0. The van der Waals surface area contributed by atoms with Crippen LogP contribution >= 0.6 is 0 Å². The van der Waals surface area contributed by atoms with Gasteiger partial charge in [0, 0.05) is 18.7 Å². The summed E-state index contributed by atoms with van der Waals surface area (Å²) >= 11 is 0. The van der Waals surface area contributed by atoms with Gasteiger partial charge < -0.3 is 4.74 Å². The molecule has 0 aromatic carbocycles. The van der Waals surface area contributed by atoms with Gasteiger partial charge in [0.05, 0.1) is 18.8 Å². The van der Waals surface area contributed by atoms with Crippen LogP contribution in [0.5, 0.6) is 5.88 Å². The summed E-state index contributed by atoms with van der Waals surface area (Å²) in [6, 6.07) is 5.76. The molecule has 7 unspecified atom stereocenters. The predicted molar refractivity (Wildman–Crippen MR) is 76.8 cm³/mol. The fourth-order valence-electron chi connectivity index (χ4n) is 5.79. The summed E-state index contributed by atoms with van der Waals surface area (Å²) in [7, 11) is 1.73. The molecule has 2 saturated heterocycles. The quantitative estimate of drug-likeness (QED) is 0.784. The molecular weight excluding hydrogens is 248 g/mol. The van der Waals surface area contributed by atoms with Crippen molar-refractivity contribution in [1.82, 2.24) is 9.88 Å². The molecule has 3 aliphatic heterocycles. The van der Waals surface area contributed by atoms with Crippen LogP contribution in [0.15, 0.2) is 12.1 Å². The van der Waals surface area contributed by atoms with Crippen molar-refractivity contribution in [2.75, 3.05) is 13.7 Å². The highest BCUT2D eigenvalue weighted by atomic mass is 16.5. The Hall–Kier alpha value is -1.09. The minimum atomic E-state index is 0.582. The molecule has 5 bridgehead atoms. The predicted octanol–water partition coefficient (Wildman–Crippen LogP) is 2.98. The van der Waals surface area contributed by atoms with Gasteiger partial charge in [0.2, 0.25) is 5.88 Å². The average Bonchev–Trinajstić information content (AvgIpc) is 2.64. The highest BCUT2D eigenvalue weighted by Crippen LogP contribution is 2.62. The van der Waals surface area contributed by atoms with Crippen LogP contribution in [0.1, 0.15) is 49.4 Å². The van der Waals surface area contributed by atoms with E-state index in [2.05, 4.69) is 24.0 Å². The molecule has 4 heterocycles. The molecular formula is C17H22N2O. The van der Waals surface area contributed by atoms with Crippen LogP contribution in [0.25, 0.3) is 0 Å². The summed E-state index contributed by atoms with van der Waals surface area (Å²) in [4.78, 5) is 7.68. The normalized spacial score (nSPS) is 47.2. The third-order valence-electron chi connectivity index (χ3n) is 6.40. The minimum Gasteiger partial charge on any atom is -0.481 e. The third-order valence-corrected chi connectivity index (χ3v) is 6.40. The molecule has 1 saturated carbocycles. The first-order valence-corrected chi connectivity index (χ1v) is 8.07. The zero-order chi connectivity index (χ0) is 13.4. The van der Waals surface area contributed by atoms with E-state index in [-0.39, 0.29) is 0 Å². The summed E-state index contributed by atoms with van der Waals surface area (Å²) in [5.74, 6) is 4.17. The molecule has 7 atom stereocenters. The van der Waals surface area contributed by atoms with E-state index in [1.807, 2.05) is 0 Å². The van der Waals surface area contributed by atoms with Gasteiger partial charge in [-0.3, -0.25) is 4.90 Å². The van der Waals surface area contributed by atoms with E-state index in [9.17, 15) is 0 Å².